The maximum absolute atomic E-state index is 12.9. The summed E-state index contributed by atoms with van der Waals surface area (Å²) in [5.41, 5.74) is 2.37. The van der Waals surface area contributed by atoms with Crippen LogP contribution < -0.4 is 20.3 Å². The maximum atomic E-state index is 12.9. The summed E-state index contributed by atoms with van der Waals surface area (Å²) in [6, 6.07) is 19.6. The molecule has 8 heteroatoms. The second kappa shape index (κ2) is 10.0. The molecule has 1 aliphatic heterocycles. The van der Waals surface area contributed by atoms with Crippen LogP contribution in [0.4, 0.5) is 0 Å². The molecule has 4 aromatic rings. The van der Waals surface area contributed by atoms with Crippen LogP contribution in [0.5, 0.6) is 11.5 Å². The lowest BCUT2D eigenvalue weighted by Gasteiger charge is -2.25. The van der Waals surface area contributed by atoms with Crippen LogP contribution in [0.3, 0.4) is 0 Å². The van der Waals surface area contributed by atoms with E-state index in [9.17, 15) is 4.79 Å². The first-order valence-electron chi connectivity index (χ1n) is 11.2. The number of fused-ring (bicyclic) bond motifs is 2. The van der Waals surface area contributed by atoms with E-state index in [1.807, 2.05) is 53.4 Å². The normalized spacial score (nSPS) is 12.5. The predicted octanol–water partition coefficient (Wildman–Crippen LogP) is 4.01. The van der Waals surface area contributed by atoms with Gasteiger partial charge >= 0.3 is 0 Å². The van der Waals surface area contributed by atoms with Crippen molar-refractivity contribution in [1.29, 1.82) is 0 Å². The largest absolute Gasteiger partial charge is 0.486 e. The fourth-order valence-electron chi connectivity index (χ4n) is 3.97. The van der Waals surface area contributed by atoms with Gasteiger partial charge in [0.25, 0.3) is 5.56 Å². The van der Waals surface area contributed by atoms with Gasteiger partial charge in [-0.05, 0) is 48.5 Å². The molecule has 5 rings (SSSR count). The Labute approximate surface area is 202 Å². The highest BCUT2D eigenvalue weighted by Gasteiger charge is 2.17. The van der Waals surface area contributed by atoms with Gasteiger partial charge in [-0.25, -0.2) is 0 Å². The molecule has 0 unspecified atom stereocenters. The van der Waals surface area contributed by atoms with Gasteiger partial charge in [0.1, 0.15) is 19.0 Å². The average Bonchev–Trinajstić information content (AvgIpc) is 3.37. The minimum atomic E-state index is -0.166. The van der Waals surface area contributed by atoms with E-state index in [4.69, 9.17) is 26.1 Å². The molecule has 1 aliphatic rings. The maximum Gasteiger partial charge on any atom is 0.253 e. The molecule has 2 aromatic carbocycles. The van der Waals surface area contributed by atoms with E-state index in [1.165, 1.54) is 5.56 Å². The third-order valence-electron chi connectivity index (χ3n) is 5.69. The minimum Gasteiger partial charge on any atom is -0.486 e. The number of nitrogens with one attached hydrogen (secondary N) is 2. The lowest BCUT2D eigenvalue weighted by molar-refractivity contribution is 0.172. The second-order valence-corrected chi connectivity index (χ2v) is 8.50. The SMILES string of the molecule is O=c1[nH]c2cc3c(cc2cc1CN(Cc1ccco1)C(=S)NCCc1ccccc1)OCCO3. The van der Waals surface area contributed by atoms with E-state index < -0.39 is 0 Å². The summed E-state index contributed by atoms with van der Waals surface area (Å²) in [7, 11) is 0. The van der Waals surface area contributed by atoms with Crippen LogP contribution in [0.2, 0.25) is 0 Å². The molecule has 0 saturated carbocycles. The van der Waals surface area contributed by atoms with E-state index >= 15 is 0 Å². The van der Waals surface area contributed by atoms with Crippen molar-refractivity contribution in [3.63, 3.8) is 0 Å². The molecule has 0 radical (unpaired) electrons. The Bertz CT molecular complexity index is 1340. The molecule has 2 N–H and O–H groups in total. The van der Waals surface area contributed by atoms with Gasteiger partial charge in [-0.15, -0.1) is 0 Å². The molecule has 0 bridgehead atoms. The molecule has 3 heterocycles. The predicted molar refractivity (Wildman–Crippen MR) is 134 cm³/mol. The van der Waals surface area contributed by atoms with Gasteiger partial charge in [-0.3, -0.25) is 4.79 Å². The number of H-pyrrole nitrogens is 1. The molecule has 7 nitrogen and oxygen atoms in total. The molecule has 0 atom stereocenters. The fourth-order valence-corrected chi connectivity index (χ4v) is 4.20. The van der Waals surface area contributed by atoms with Crippen LogP contribution in [-0.2, 0) is 19.5 Å². The third kappa shape index (κ3) is 5.07. The first-order chi connectivity index (χ1) is 16.7. The number of pyridine rings is 1. The molecule has 34 heavy (non-hydrogen) atoms. The molecular formula is C26H25N3O4S. The van der Waals surface area contributed by atoms with E-state index in [1.54, 1.807) is 6.26 Å². The summed E-state index contributed by atoms with van der Waals surface area (Å²) in [5, 5.41) is 4.77. The topological polar surface area (TPSA) is 79.7 Å². The zero-order valence-electron chi connectivity index (χ0n) is 18.6. The molecule has 0 spiro atoms. The first kappa shape index (κ1) is 22.0. The van der Waals surface area contributed by atoms with Crippen molar-refractivity contribution >= 4 is 28.2 Å². The Morgan fingerprint density at radius 1 is 1.00 bits per heavy atom. The molecular weight excluding hydrogens is 450 g/mol. The zero-order valence-corrected chi connectivity index (χ0v) is 19.4. The number of nitrogens with zero attached hydrogens (tertiary/aromatic N) is 1. The van der Waals surface area contributed by atoms with Gasteiger partial charge in [0.2, 0.25) is 0 Å². The van der Waals surface area contributed by atoms with E-state index in [-0.39, 0.29) is 5.56 Å². The summed E-state index contributed by atoms with van der Waals surface area (Å²) < 4.78 is 16.9. The fraction of sp³-hybridized carbons (Fsp3) is 0.231. The lowest BCUT2D eigenvalue weighted by atomic mass is 10.1. The lowest BCUT2D eigenvalue weighted by Crippen LogP contribution is -2.40. The number of aromatic amines is 1. The standard InChI is InChI=1S/C26H25N3O4S/c30-25-20(13-19-14-23-24(15-22(19)28-25)33-12-11-32-23)16-29(17-21-7-4-10-31-21)26(34)27-9-8-18-5-2-1-3-6-18/h1-7,10,13-15H,8-9,11-12,16-17H2,(H,27,34)(H,28,30). The van der Waals surface area contributed by atoms with Crippen LogP contribution >= 0.6 is 12.2 Å². The number of thiocarbonyl (C=S) groups is 1. The van der Waals surface area contributed by atoms with E-state index in [2.05, 4.69) is 22.4 Å². The Hall–Kier alpha value is -3.78. The Kier molecular flexibility index (Phi) is 6.49. The second-order valence-electron chi connectivity index (χ2n) is 8.11. The molecule has 0 amide bonds. The Morgan fingerprint density at radius 3 is 2.56 bits per heavy atom. The molecule has 174 valence electrons. The summed E-state index contributed by atoms with van der Waals surface area (Å²) in [6.07, 6.45) is 2.48. The number of rotatable bonds is 7. The zero-order chi connectivity index (χ0) is 23.3. The van der Waals surface area contributed by atoms with Crippen molar-refractivity contribution in [2.24, 2.45) is 0 Å². The molecule has 0 aliphatic carbocycles. The van der Waals surface area contributed by atoms with Gasteiger partial charge in [-0.2, -0.15) is 0 Å². The summed E-state index contributed by atoms with van der Waals surface area (Å²) in [6.45, 7) is 2.47. The van der Waals surface area contributed by atoms with Gasteiger partial charge in [0, 0.05) is 23.6 Å². The van der Waals surface area contributed by atoms with Crippen molar-refractivity contribution < 1.29 is 13.9 Å². The smallest absolute Gasteiger partial charge is 0.253 e. The highest BCUT2D eigenvalue weighted by atomic mass is 32.1. The number of hydrogen-bond acceptors (Lipinski definition) is 5. The third-order valence-corrected chi connectivity index (χ3v) is 6.09. The van der Waals surface area contributed by atoms with Crippen LogP contribution in [0, 0.1) is 0 Å². The molecule has 0 saturated heterocycles. The summed E-state index contributed by atoms with van der Waals surface area (Å²) >= 11 is 5.71. The van der Waals surface area contributed by atoms with E-state index in [0.717, 1.165) is 17.6 Å². The van der Waals surface area contributed by atoms with Crippen molar-refractivity contribution in [3.05, 3.63) is 94.2 Å². The van der Waals surface area contributed by atoms with Crippen LogP contribution in [0.15, 0.2) is 76.1 Å². The van der Waals surface area contributed by atoms with E-state index in [0.29, 0.717) is 60.5 Å². The average molecular weight is 476 g/mol. The van der Waals surface area contributed by atoms with Gasteiger partial charge in [-0.1, -0.05) is 30.3 Å². The van der Waals surface area contributed by atoms with Crippen molar-refractivity contribution in [3.8, 4) is 11.5 Å². The molecule has 2 aromatic heterocycles. The Morgan fingerprint density at radius 2 is 1.79 bits per heavy atom. The first-order valence-corrected chi connectivity index (χ1v) is 11.6. The summed E-state index contributed by atoms with van der Waals surface area (Å²) in [5.74, 6) is 2.09. The number of aromatic nitrogens is 1. The van der Waals surface area contributed by atoms with Crippen LogP contribution in [-0.4, -0.2) is 34.8 Å². The van der Waals surface area contributed by atoms with Gasteiger partial charge in [0.15, 0.2) is 16.6 Å². The highest BCUT2D eigenvalue weighted by Crippen LogP contribution is 2.33. The van der Waals surface area contributed by atoms with Gasteiger partial charge in [0.05, 0.1) is 24.9 Å². The quantitative estimate of drug-likeness (QED) is 0.391. The van der Waals surface area contributed by atoms with Crippen molar-refractivity contribution in [2.75, 3.05) is 19.8 Å². The number of furan rings is 1. The van der Waals surface area contributed by atoms with Crippen LogP contribution in [0.25, 0.3) is 10.9 Å². The monoisotopic (exact) mass is 475 g/mol. The van der Waals surface area contributed by atoms with Crippen LogP contribution in [0.1, 0.15) is 16.9 Å². The highest BCUT2D eigenvalue weighted by molar-refractivity contribution is 7.80. The number of ether oxygens (including phenoxy) is 2. The van der Waals surface area contributed by atoms with Gasteiger partial charge < -0.3 is 29.1 Å². The van der Waals surface area contributed by atoms with Crippen molar-refractivity contribution in [2.45, 2.75) is 19.5 Å². The Balaban J connectivity index is 1.36. The summed E-state index contributed by atoms with van der Waals surface area (Å²) in [4.78, 5) is 17.8. The minimum absolute atomic E-state index is 0.166. The van der Waals surface area contributed by atoms with Crippen molar-refractivity contribution in [1.82, 2.24) is 15.2 Å². The molecule has 0 fully saturated rings. The number of benzene rings is 2. The number of hydrogen-bond donors (Lipinski definition) is 2.